The number of pyridine rings is 1. The summed E-state index contributed by atoms with van der Waals surface area (Å²) in [6.45, 7) is 7.53. The number of nitrogens with zero attached hydrogens (tertiary/aromatic N) is 1. The van der Waals surface area contributed by atoms with Gasteiger partial charge in [0, 0.05) is 17.0 Å². The summed E-state index contributed by atoms with van der Waals surface area (Å²) in [6.07, 6.45) is 0. The van der Waals surface area contributed by atoms with Crippen LogP contribution in [0, 0.1) is 12.3 Å². The Morgan fingerprint density at radius 3 is 2.33 bits per heavy atom. The van der Waals surface area contributed by atoms with Crippen molar-refractivity contribution in [2.45, 2.75) is 27.7 Å². The van der Waals surface area contributed by atoms with E-state index in [9.17, 15) is 4.79 Å². The topological polar surface area (TPSA) is 39.2 Å². The molecule has 1 aromatic heterocycles. The highest BCUT2D eigenvalue weighted by Crippen LogP contribution is 2.23. The van der Waals surface area contributed by atoms with Gasteiger partial charge in [-0.05, 0) is 13.0 Å². The lowest BCUT2D eigenvalue weighted by molar-refractivity contribution is 0.0857. The van der Waals surface area contributed by atoms with Crippen molar-refractivity contribution in [3.05, 3.63) is 23.4 Å². The van der Waals surface area contributed by atoms with E-state index in [4.69, 9.17) is 4.74 Å². The third-order valence-corrected chi connectivity index (χ3v) is 2.20. The molecule has 0 saturated carbocycles. The second kappa shape index (κ2) is 4.01. The van der Waals surface area contributed by atoms with Crippen molar-refractivity contribution in [1.82, 2.24) is 4.98 Å². The van der Waals surface area contributed by atoms with Crippen LogP contribution in [0.4, 0.5) is 0 Å². The summed E-state index contributed by atoms with van der Waals surface area (Å²) < 4.78 is 4.99. The summed E-state index contributed by atoms with van der Waals surface area (Å²) in [6, 6.07) is 3.49. The molecule has 1 heterocycles. The largest absolute Gasteiger partial charge is 0.481 e. The second-order valence-corrected chi connectivity index (χ2v) is 4.57. The number of methoxy groups -OCH3 is 1. The molecule has 0 spiro atoms. The maximum Gasteiger partial charge on any atom is 0.213 e. The number of carbonyl (C=O) groups is 1. The van der Waals surface area contributed by atoms with Gasteiger partial charge >= 0.3 is 0 Å². The van der Waals surface area contributed by atoms with Crippen molar-refractivity contribution in [2.75, 3.05) is 7.11 Å². The Bertz CT molecular complexity index is 378. The van der Waals surface area contributed by atoms with E-state index >= 15 is 0 Å². The zero-order valence-electron chi connectivity index (χ0n) is 9.92. The first-order chi connectivity index (χ1) is 6.86. The Morgan fingerprint density at radius 2 is 1.93 bits per heavy atom. The molecule has 82 valence electrons. The molecule has 1 aromatic rings. The Balaban J connectivity index is 3.12. The normalized spacial score (nSPS) is 11.3. The molecule has 3 nitrogen and oxygen atoms in total. The predicted molar refractivity (Wildman–Crippen MR) is 59.3 cm³/mol. The summed E-state index contributed by atoms with van der Waals surface area (Å²) >= 11 is 0. The molecule has 0 amide bonds. The summed E-state index contributed by atoms with van der Waals surface area (Å²) in [4.78, 5) is 16.2. The smallest absolute Gasteiger partial charge is 0.213 e. The minimum Gasteiger partial charge on any atom is -0.481 e. The molecule has 0 unspecified atom stereocenters. The van der Waals surface area contributed by atoms with Crippen molar-refractivity contribution >= 4 is 5.78 Å². The SMILES string of the molecule is COc1ccc(C(=O)C(C)(C)C)c(C)n1. The van der Waals surface area contributed by atoms with Crippen LogP contribution in [0.15, 0.2) is 12.1 Å². The van der Waals surface area contributed by atoms with E-state index in [1.807, 2.05) is 27.7 Å². The molecule has 15 heavy (non-hydrogen) atoms. The number of ether oxygens (including phenoxy) is 1. The highest BCUT2D eigenvalue weighted by atomic mass is 16.5. The van der Waals surface area contributed by atoms with Gasteiger partial charge in [0.15, 0.2) is 5.78 Å². The van der Waals surface area contributed by atoms with Gasteiger partial charge in [-0.15, -0.1) is 0 Å². The number of carbonyl (C=O) groups excluding carboxylic acids is 1. The first-order valence-corrected chi connectivity index (χ1v) is 4.92. The molecule has 0 aliphatic carbocycles. The van der Waals surface area contributed by atoms with E-state index in [2.05, 4.69) is 4.98 Å². The van der Waals surface area contributed by atoms with Crippen LogP contribution >= 0.6 is 0 Å². The minimum absolute atomic E-state index is 0.107. The van der Waals surface area contributed by atoms with Crippen LogP contribution in [-0.2, 0) is 0 Å². The lowest BCUT2D eigenvalue weighted by Crippen LogP contribution is -2.21. The van der Waals surface area contributed by atoms with E-state index in [1.54, 1.807) is 19.2 Å². The number of aryl methyl sites for hydroxylation is 1. The second-order valence-electron chi connectivity index (χ2n) is 4.57. The molecule has 0 aromatic carbocycles. The predicted octanol–water partition coefficient (Wildman–Crippen LogP) is 2.63. The van der Waals surface area contributed by atoms with Crippen LogP contribution < -0.4 is 4.74 Å². The average Bonchev–Trinajstić information content (AvgIpc) is 2.15. The van der Waals surface area contributed by atoms with Gasteiger partial charge < -0.3 is 4.74 Å². The molecule has 0 bridgehead atoms. The van der Waals surface area contributed by atoms with E-state index in [-0.39, 0.29) is 11.2 Å². The summed E-state index contributed by atoms with van der Waals surface area (Å²) in [7, 11) is 1.56. The standard InChI is InChI=1S/C12H17NO2/c1-8-9(11(14)12(2,3)4)6-7-10(13-8)15-5/h6-7H,1-5H3. The van der Waals surface area contributed by atoms with Gasteiger partial charge in [-0.25, -0.2) is 4.98 Å². The molecule has 3 heteroatoms. The third-order valence-electron chi connectivity index (χ3n) is 2.20. The van der Waals surface area contributed by atoms with Crippen molar-refractivity contribution in [2.24, 2.45) is 5.41 Å². The number of hydrogen-bond acceptors (Lipinski definition) is 3. The first-order valence-electron chi connectivity index (χ1n) is 4.92. The maximum atomic E-state index is 12.0. The number of aromatic nitrogens is 1. The van der Waals surface area contributed by atoms with E-state index in [1.165, 1.54) is 0 Å². The lowest BCUT2D eigenvalue weighted by atomic mass is 9.86. The van der Waals surface area contributed by atoms with Crippen molar-refractivity contribution in [3.8, 4) is 5.88 Å². The van der Waals surface area contributed by atoms with Gasteiger partial charge in [-0.1, -0.05) is 20.8 Å². The number of Topliss-reactive ketones (excluding diaryl/α,β-unsaturated/α-hetero) is 1. The highest BCUT2D eigenvalue weighted by molar-refractivity contribution is 6.00. The Hall–Kier alpha value is -1.38. The lowest BCUT2D eigenvalue weighted by Gasteiger charge is -2.17. The fourth-order valence-corrected chi connectivity index (χ4v) is 1.30. The molecule has 0 atom stereocenters. The van der Waals surface area contributed by atoms with E-state index < -0.39 is 0 Å². The molecule has 0 saturated heterocycles. The summed E-state index contributed by atoms with van der Waals surface area (Å²) in [5, 5.41) is 0. The first kappa shape index (κ1) is 11.7. The number of ketones is 1. The zero-order chi connectivity index (χ0) is 11.6. The van der Waals surface area contributed by atoms with Gasteiger partial charge in [0.25, 0.3) is 0 Å². The summed E-state index contributed by atoms with van der Waals surface area (Å²) in [5.74, 6) is 0.646. The van der Waals surface area contributed by atoms with E-state index in [0.717, 1.165) is 0 Å². The molecule has 0 aliphatic heterocycles. The van der Waals surface area contributed by atoms with Gasteiger partial charge in [0.1, 0.15) is 0 Å². The van der Waals surface area contributed by atoms with Crippen LogP contribution in [0.2, 0.25) is 0 Å². The minimum atomic E-state index is -0.374. The van der Waals surface area contributed by atoms with Crippen LogP contribution in [0.1, 0.15) is 36.8 Å². The van der Waals surface area contributed by atoms with Crippen LogP contribution in [-0.4, -0.2) is 17.9 Å². The maximum absolute atomic E-state index is 12.0. The molecule has 0 fully saturated rings. The number of rotatable bonds is 2. The van der Waals surface area contributed by atoms with Crippen molar-refractivity contribution < 1.29 is 9.53 Å². The summed E-state index contributed by atoms with van der Waals surface area (Å²) in [5.41, 5.74) is 1.01. The molecular weight excluding hydrogens is 190 g/mol. The van der Waals surface area contributed by atoms with Crippen LogP contribution in [0.25, 0.3) is 0 Å². The monoisotopic (exact) mass is 207 g/mol. The Kier molecular flexibility index (Phi) is 3.12. The number of hydrogen-bond donors (Lipinski definition) is 0. The van der Waals surface area contributed by atoms with Gasteiger partial charge in [-0.2, -0.15) is 0 Å². The fourth-order valence-electron chi connectivity index (χ4n) is 1.30. The highest BCUT2D eigenvalue weighted by Gasteiger charge is 2.24. The van der Waals surface area contributed by atoms with Crippen LogP contribution in [0.5, 0.6) is 5.88 Å². The molecule has 1 rings (SSSR count). The molecule has 0 N–H and O–H groups in total. The van der Waals surface area contributed by atoms with Gasteiger partial charge in [0.05, 0.1) is 12.8 Å². The Labute approximate surface area is 90.5 Å². The van der Waals surface area contributed by atoms with Crippen molar-refractivity contribution in [3.63, 3.8) is 0 Å². The van der Waals surface area contributed by atoms with E-state index in [0.29, 0.717) is 17.1 Å². The zero-order valence-corrected chi connectivity index (χ0v) is 9.92. The Morgan fingerprint density at radius 1 is 1.33 bits per heavy atom. The van der Waals surface area contributed by atoms with Gasteiger partial charge in [0.2, 0.25) is 5.88 Å². The molecule has 0 radical (unpaired) electrons. The quantitative estimate of drug-likeness (QED) is 0.700. The third kappa shape index (κ3) is 2.55. The average molecular weight is 207 g/mol. The fraction of sp³-hybridized carbons (Fsp3) is 0.500. The van der Waals surface area contributed by atoms with Crippen molar-refractivity contribution in [1.29, 1.82) is 0 Å². The van der Waals surface area contributed by atoms with Gasteiger partial charge in [-0.3, -0.25) is 4.79 Å². The molecular formula is C12H17NO2. The van der Waals surface area contributed by atoms with Crippen LogP contribution in [0.3, 0.4) is 0 Å². The molecule has 0 aliphatic rings.